The van der Waals surface area contributed by atoms with E-state index in [0.717, 1.165) is 0 Å². The summed E-state index contributed by atoms with van der Waals surface area (Å²) in [5.41, 5.74) is 0.518. The zero-order chi connectivity index (χ0) is 21.1. The second kappa shape index (κ2) is 7.96. The van der Waals surface area contributed by atoms with Crippen molar-refractivity contribution in [2.75, 3.05) is 7.11 Å². The van der Waals surface area contributed by atoms with Crippen molar-refractivity contribution in [2.24, 2.45) is 0 Å². The molecule has 0 aliphatic heterocycles. The summed E-state index contributed by atoms with van der Waals surface area (Å²) < 4.78 is 37.5. The van der Waals surface area contributed by atoms with Crippen LogP contribution in [0, 0.1) is 0 Å². The number of aromatic nitrogens is 1. The predicted octanol–water partition coefficient (Wildman–Crippen LogP) is 4.41. The van der Waals surface area contributed by atoms with Gasteiger partial charge < -0.3 is 9.26 Å². The van der Waals surface area contributed by atoms with Gasteiger partial charge in [0.2, 0.25) is 15.6 Å². The first-order valence-corrected chi connectivity index (χ1v) is 10.5. The monoisotopic (exact) mass is 419 g/mol. The molecule has 0 atom stereocenters. The lowest BCUT2D eigenvalue weighted by molar-refractivity contribution is 0.102. The number of hydrogen-bond acceptors (Lipinski definition) is 6. The minimum Gasteiger partial charge on any atom is -0.497 e. The molecule has 0 N–H and O–H groups in total. The fourth-order valence-electron chi connectivity index (χ4n) is 3.05. The van der Waals surface area contributed by atoms with Crippen molar-refractivity contribution >= 4 is 15.6 Å². The Hall–Kier alpha value is -3.71. The Morgan fingerprint density at radius 1 is 0.867 bits per heavy atom. The lowest BCUT2D eigenvalue weighted by Crippen LogP contribution is -2.11. The van der Waals surface area contributed by atoms with Crippen LogP contribution in [0.25, 0.3) is 11.3 Å². The molecule has 30 heavy (non-hydrogen) atoms. The Morgan fingerprint density at radius 3 is 2.07 bits per heavy atom. The molecule has 0 saturated heterocycles. The maximum Gasteiger partial charge on any atom is 0.216 e. The smallest absolute Gasteiger partial charge is 0.216 e. The van der Waals surface area contributed by atoms with Crippen molar-refractivity contribution in [2.45, 2.75) is 9.79 Å². The highest BCUT2D eigenvalue weighted by molar-refractivity contribution is 7.91. The van der Waals surface area contributed by atoms with Crippen LogP contribution < -0.4 is 4.74 Å². The summed E-state index contributed by atoms with van der Waals surface area (Å²) in [6.07, 6.45) is 0. The fourth-order valence-corrected chi connectivity index (χ4v) is 4.58. The van der Waals surface area contributed by atoms with Gasteiger partial charge in [-0.1, -0.05) is 53.7 Å². The number of methoxy groups -OCH3 is 1. The van der Waals surface area contributed by atoms with E-state index < -0.39 is 15.6 Å². The minimum absolute atomic E-state index is 0.0244. The number of benzene rings is 3. The van der Waals surface area contributed by atoms with Gasteiger partial charge in [-0.05, 0) is 36.4 Å². The van der Waals surface area contributed by atoms with Crippen LogP contribution in [-0.4, -0.2) is 26.5 Å². The summed E-state index contributed by atoms with van der Waals surface area (Å²) in [4.78, 5) is 13.0. The van der Waals surface area contributed by atoms with E-state index in [2.05, 4.69) is 5.16 Å². The molecule has 1 aromatic heterocycles. The lowest BCUT2D eigenvalue weighted by atomic mass is 10.1. The van der Waals surface area contributed by atoms with E-state index >= 15 is 0 Å². The summed E-state index contributed by atoms with van der Waals surface area (Å²) in [5.74, 6) is 0.0446. The van der Waals surface area contributed by atoms with Crippen LogP contribution in [0.2, 0.25) is 0 Å². The van der Waals surface area contributed by atoms with Gasteiger partial charge in [0.05, 0.1) is 12.0 Å². The molecule has 3 aromatic carbocycles. The molecule has 0 fully saturated rings. The van der Waals surface area contributed by atoms with E-state index in [1.54, 1.807) is 72.8 Å². The van der Waals surface area contributed by atoms with Crippen molar-refractivity contribution in [1.29, 1.82) is 0 Å². The van der Waals surface area contributed by atoms with Crippen molar-refractivity contribution in [1.82, 2.24) is 5.16 Å². The van der Waals surface area contributed by atoms with Gasteiger partial charge in [-0.2, -0.15) is 0 Å². The summed E-state index contributed by atoms with van der Waals surface area (Å²) >= 11 is 0. The average Bonchev–Trinajstić information content (AvgIpc) is 3.26. The van der Waals surface area contributed by atoms with Crippen LogP contribution >= 0.6 is 0 Å². The minimum atomic E-state index is -4.07. The van der Waals surface area contributed by atoms with E-state index in [1.165, 1.54) is 19.2 Å². The molecule has 7 heteroatoms. The zero-order valence-electron chi connectivity index (χ0n) is 16.0. The van der Waals surface area contributed by atoms with Gasteiger partial charge in [-0.25, -0.2) is 8.42 Å². The second-order valence-electron chi connectivity index (χ2n) is 6.43. The van der Waals surface area contributed by atoms with Gasteiger partial charge in [0.15, 0.2) is 16.3 Å². The third kappa shape index (κ3) is 3.51. The number of sulfone groups is 1. The quantitative estimate of drug-likeness (QED) is 0.430. The molecular formula is C23H17NO5S. The second-order valence-corrected chi connectivity index (χ2v) is 8.32. The highest BCUT2D eigenvalue weighted by Gasteiger charge is 2.34. The first kappa shape index (κ1) is 19.6. The standard InChI is InChI=1S/C23H17NO5S/c1-28-18-14-12-16(13-15-18)21(25)20-23(30(26,27)19-10-6-3-7-11-19)22(29-24-20)17-8-4-2-5-9-17/h2-15H,1H3. The highest BCUT2D eigenvalue weighted by atomic mass is 32.2. The number of hydrogen-bond donors (Lipinski definition) is 0. The van der Waals surface area contributed by atoms with Crippen molar-refractivity contribution in [3.8, 4) is 17.1 Å². The average molecular weight is 419 g/mol. The van der Waals surface area contributed by atoms with Gasteiger partial charge in [0.25, 0.3) is 0 Å². The molecule has 0 bridgehead atoms. The highest BCUT2D eigenvalue weighted by Crippen LogP contribution is 2.35. The van der Waals surface area contributed by atoms with Gasteiger partial charge in [0, 0.05) is 11.1 Å². The molecule has 0 saturated carbocycles. The SMILES string of the molecule is COc1ccc(C(=O)c2noc(-c3ccccc3)c2S(=O)(=O)c2ccccc2)cc1. The summed E-state index contributed by atoms with van der Waals surface area (Å²) in [5, 5.41) is 3.87. The molecule has 4 rings (SSSR count). The first-order valence-electron chi connectivity index (χ1n) is 9.06. The number of ether oxygens (including phenoxy) is 1. The zero-order valence-corrected chi connectivity index (χ0v) is 16.8. The molecule has 1 heterocycles. The normalized spacial score (nSPS) is 11.2. The molecule has 0 aliphatic carbocycles. The molecule has 0 amide bonds. The molecule has 6 nitrogen and oxygen atoms in total. The molecule has 0 unspecified atom stereocenters. The van der Waals surface area contributed by atoms with Gasteiger partial charge >= 0.3 is 0 Å². The van der Waals surface area contributed by atoms with E-state index in [4.69, 9.17) is 9.26 Å². The fraction of sp³-hybridized carbons (Fsp3) is 0.0435. The Morgan fingerprint density at radius 2 is 1.47 bits per heavy atom. The summed E-state index contributed by atoms with van der Waals surface area (Å²) in [6, 6.07) is 22.9. The molecular weight excluding hydrogens is 402 g/mol. The van der Waals surface area contributed by atoms with Crippen LogP contribution in [-0.2, 0) is 9.84 Å². The third-order valence-electron chi connectivity index (χ3n) is 4.58. The Bertz CT molecular complexity index is 1280. The number of carbonyl (C=O) groups excluding carboxylic acids is 1. The molecule has 4 aromatic rings. The van der Waals surface area contributed by atoms with E-state index in [9.17, 15) is 13.2 Å². The maximum atomic E-state index is 13.5. The molecule has 150 valence electrons. The first-order chi connectivity index (χ1) is 14.5. The van der Waals surface area contributed by atoms with Crippen LogP contribution in [0.3, 0.4) is 0 Å². The summed E-state index contributed by atoms with van der Waals surface area (Å²) in [7, 11) is -2.55. The lowest BCUT2D eigenvalue weighted by Gasteiger charge is -2.07. The van der Waals surface area contributed by atoms with Gasteiger partial charge in [-0.3, -0.25) is 4.79 Å². The van der Waals surface area contributed by atoms with Crippen molar-refractivity contribution in [3.05, 3.63) is 96.2 Å². The van der Waals surface area contributed by atoms with Crippen molar-refractivity contribution < 1.29 is 22.5 Å². The van der Waals surface area contributed by atoms with Crippen LogP contribution in [0.5, 0.6) is 5.75 Å². The van der Waals surface area contributed by atoms with Crippen LogP contribution in [0.4, 0.5) is 0 Å². The topological polar surface area (TPSA) is 86.5 Å². The Balaban J connectivity index is 1.92. The number of carbonyl (C=O) groups is 1. The predicted molar refractivity (Wildman–Crippen MR) is 110 cm³/mol. The third-order valence-corrected chi connectivity index (χ3v) is 6.38. The van der Waals surface area contributed by atoms with Gasteiger partial charge in [-0.15, -0.1) is 0 Å². The number of rotatable bonds is 6. The molecule has 0 spiro atoms. The maximum absolute atomic E-state index is 13.5. The molecule has 0 aliphatic rings. The van der Waals surface area contributed by atoms with E-state index in [-0.39, 0.29) is 26.8 Å². The van der Waals surface area contributed by atoms with Crippen LogP contribution in [0.1, 0.15) is 16.1 Å². The number of ketones is 1. The summed E-state index contributed by atoms with van der Waals surface area (Å²) in [6.45, 7) is 0. The Labute approximate surface area is 173 Å². The van der Waals surface area contributed by atoms with Crippen LogP contribution in [0.15, 0.2) is 99.2 Å². The van der Waals surface area contributed by atoms with Gasteiger partial charge in [0.1, 0.15) is 5.75 Å². The number of nitrogens with zero attached hydrogens (tertiary/aromatic N) is 1. The molecule has 0 radical (unpaired) electrons. The van der Waals surface area contributed by atoms with E-state index in [0.29, 0.717) is 11.3 Å². The van der Waals surface area contributed by atoms with E-state index in [1.807, 2.05) is 0 Å². The van der Waals surface area contributed by atoms with Crippen molar-refractivity contribution in [3.63, 3.8) is 0 Å². The largest absolute Gasteiger partial charge is 0.497 e. The Kier molecular flexibility index (Phi) is 5.20.